The summed E-state index contributed by atoms with van der Waals surface area (Å²) in [4.78, 5) is 23.7. The molecule has 7 heteroatoms. The van der Waals surface area contributed by atoms with Crippen LogP contribution in [0.15, 0.2) is 24.3 Å². The Balaban J connectivity index is 1.65. The summed E-state index contributed by atoms with van der Waals surface area (Å²) >= 11 is 0. The van der Waals surface area contributed by atoms with Gasteiger partial charge in [0.25, 0.3) is 5.91 Å². The average molecular weight is 351 g/mol. The van der Waals surface area contributed by atoms with Crippen LogP contribution in [0.1, 0.15) is 25.3 Å². The van der Waals surface area contributed by atoms with Crippen LogP contribution in [0.5, 0.6) is 5.75 Å². The molecule has 25 heavy (non-hydrogen) atoms. The summed E-state index contributed by atoms with van der Waals surface area (Å²) in [5, 5.41) is 2.69. The largest absolute Gasteiger partial charge is 0.496 e. The van der Waals surface area contributed by atoms with Crippen molar-refractivity contribution in [2.75, 3.05) is 26.9 Å². The molecule has 1 aliphatic heterocycles. The van der Waals surface area contributed by atoms with Crippen LogP contribution in [0.25, 0.3) is 0 Å². The lowest BCUT2D eigenvalue weighted by Crippen LogP contribution is -2.32. The Morgan fingerprint density at radius 2 is 2.16 bits per heavy atom. The molecule has 1 N–H and O–H groups in total. The molecule has 7 nitrogen and oxygen atoms in total. The summed E-state index contributed by atoms with van der Waals surface area (Å²) < 4.78 is 21.0. The molecule has 1 aromatic rings. The van der Waals surface area contributed by atoms with E-state index in [-0.39, 0.29) is 18.6 Å². The number of para-hydroxylation sites is 1. The van der Waals surface area contributed by atoms with Gasteiger partial charge in [0.15, 0.2) is 12.7 Å². The second-order valence-corrected chi connectivity index (χ2v) is 5.81. The van der Waals surface area contributed by atoms with Crippen molar-refractivity contribution in [2.24, 2.45) is 0 Å². The van der Waals surface area contributed by atoms with E-state index in [1.54, 1.807) is 14.0 Å². The monoisotopic (exact) mass is 351 g/mol. The van der Waals surface area contributed by atoms with Crippen LogP contribution < -0.4 is 10.1 Å². The van der Waals surface area contributed by atoms with Crippen molar-refractivity contribution in [1.29, 1.82) is 0 Å². The highest BCUT2D eigenvalue weighted by Crippen LogP contribution is 2.16. The lowest BCUT2D eigenvalue weighted by Gasteiger charge is -2.15. The molecule has 2 unspecified atom stereocenters. The van der Waals surface area contributed by atoms with Gasteiger partial charge in [0.2, 0.25) is 0 Å². The molecule has 0 radical (unpaired) electrons. The van der Waals surface area contributed by atoms with E-state index in [0.29, 0.717) is 18.9 Å². The van der Waals surface area contributed by atoms with Crippen LogP contribution in [0.3, 0.4) is 0 Å². The second-order valence-electron chi connectivity index (χ2n) is 5.81. The van der Waals surface area contributed by atoms with Gasteiger partial charge in [0, 0.05) is 18.7 Å². The maximum absolute atomic E-state index is 11.8. The first-order chi connectivity index (χ1) is 12.1. The number of carbonyl (C=O) groups is 2. The summed E-state index contributed by atoms with van der Waals surface area (Å²) in [6.45, 7) is 2.65. The summed E-state index contributed by atoms with van der Waals surface area (Å²) in [5.74, 6) is -0.257. The first-order valence-corrected chi connectivity index (χ1v) is 8.38. The molecule has 0 aromatic heterocycles. The Labute approximate surface area is 147 Å². The smallest absolute Gasteiger partial charge is 0.335 e. The zero-order valence-corrected chi connectivity index (χ0v) is 14.7. The molecule has 1 heterocycles. The van der Waals surface area contributed by atoms with E-state index in [1.165, 1.54) is 0 Å². The molecule has 0 aliphatic carbocycles. The van der Waals surface area contributed by atoms with Gasteiger partial charge in [0.1, 0.15) is 5.75 Å². The lowest BCUT2D eigenvalue weighted by molar-refractivity contribution is -0.160. The Morgan fingerprint density at radius 1 is 1.36 bits per heavy atom. The van der Waals surface area contributed by atoms with E-state index in [1.807, 2.05) is 24.3 Å². The minimum absolute atomic E-state index is 0.0411. The third-order valence-electron chi connectivity index (χ3n) is 3.90. The first-order valence-electron chi connectivity index (χ1n) is 8.38. The molecule has 1 amide bonds. The topological polar surface area (TPSA) is 83.1 Å². The van der Waals surface area contributed by atoms with E-state index < -0.39 is 12.1 Å². The lowest BCUT2D eigenvalue weighted by atomic mass is 10.2. The van der Waals surface area contributed by atoms with Crippen molar-refractivity contribution in [3.05, 3.63) is 29.8 Å². The molecular weight excluding hydrogens is 326 g/mol. The standard InChI is InChI=1S/C18H25NO6/c1-13(24-11-15-7-5-9-23-15)18(21)25-12-17(20)19-10-14-6-3-4-8-16(14)22-2/h3-4,6,8,13,15H,5,7,9-12H2,1-2H3,(H,19,20). The number of hydrogen-bond acceptors (Lipinski definition) is 6. The quantitative estimate of drug-likeness (QED) is 0.678. The molecule has 1 aromatic carbocycles. The minimum atomic E-state index is -0.730. The minimum Gasteiger partial charge on any atom is -0.496 e. The predicted octanol–water partition coefficient (Wildman–Crippen LogP) is 1.44. The van der Waals surface area contributed by atoms with Gasteiger partial charge in [-0.15, -0.1) is 0 Å². The molecule has 0 saturated carbocycles. The fourth-order valence-corrected chi connectivity index (χ4v) is 2.44. The van der Waals surface area contributed by atoms with Crippen LogP contribution in [0.2, 0.25) is 0 Å². The molecule has 1 fully saturated rings. The number of amides is 1. The number of nitrogens with one attached hydrogen (secondary N) is 1. The fraction of sp³-hybridized carbons (Fsp3) is 0.556. The number of esters is 1. The highest BCUT2D eigenvalue weighted by molar-refractivity contribution is 5.81. The Hall–Kier alpha value is -2.12. The van der Waals surface area contributed by atoms with Crippen LogP contribution in [-0.4, -0.2) is 51.0 Å². The molecule has 0 bridgehead atoms. The first kappa shape index (κ1) is 19.2. The summed E-state index contributed by atoms with van der Waals surface area (Å²) in [5.41, 5.74) is 0.845. The van der Waals surface area contributed by atoms with E-state index in [4.69, 9.17) is 18.9 Å². The molecule has 2 atom stereocenters. The maximum Gasteiger partial charge on any atom is 0.335 e. The summed E-state index contributed by atoms with van der Waals surface area (Å²) in [6, 6.07) is 7.38. The van der Waals surface area contributed by atoms with Gasteiger partial charge in [-0.1, -0.05) is 18.2 Å². The van der Waals surface area contributed by atoms with Crippen molar-refractivity contribution in [2.45, 2.75) is 38.5 Å². The Bertz CT molecular complexity index is 570. The molecule has 1 aliphatic rings. The van der Waals surface area contributed by atoms with Crippen molar-refractivity contribution < 1.29 is 28.5 Å². The van der Waals surface area contributed by atoms with E-state index in [0.717, 1.165) is 25.0 Å². The van der Waals surface area contributed by atoms with Gasteiger partial charge in [0.05, 0.1) is 19.8 Å². The van der Waals surface area contributed by atoms with Gasteiger partial charge < -0.3 is 24.3 Å². The van der Waals surface area contributed by atoms with Gasteiger partial charge in [-0.2, -0.15) is 0 Å². The van der Waals surface area contributed by atoms with Crippen molar-refractivity contribution >= 4 is 11.9 Å². The van der Waals surface area contributed by atoms with Gasteiger partial charge in [-0.25, -0.2) is 4.79 Å². The second kappa shape index (κ2) is 10.0. The average Bonchev–Trinajstić information content (AvgIpc) is 3.16. The molecule has 2 rings (SSSR count). The number of benzene rings is 1. The van der Waals surface area contributed by atoms with Crippen LogP contribution in [0.4, 0.5) is 0 Å². The molecule has 1 saturated heterocycles. The Kier molecular flexibility index (Phi) is 7.69. The summed E-state index contributed by atoms with van der Waals surface area (Å²) in [7, 11) is 1.57. The number of carbonyl (C=O) groups excluding carboxylic acids is 2. The zero-order chi connectivity index (χ0) is 18.1. The molecule has 0 spiro atoms. The Morgan fingerprint density at radius 3 is 2.88 bits per heavy atom. The van der Waals surface area contributed by atoms with E-state index in [2.05, 4.69) is 5.32 Å². The molecular formula is C18H25NO6. The predicted molar refractivity (Wildman–Crippen MR) is 90.2 cm³/mol. The normalized spacial score (nSPS) is 17.8. The van der Waals surface area contributed by atoms with E-state index >= 15 is 0 Å². The zero-order valence-electron chi connectivity index (χ0n) is 14.7. The number of rotatable bonds is 9. The van der Waals surface area contributed by atoms with Gasteiger partial charge in [-0.05, 0) is 25.8 Å². The van der Waals surface area contributed by atoms with Crippen LogP contribution in [0, 0.1) is 0 Å². The number of methoxy groups -OCH3 is 1. The van der Waals surface area contributed by atoms with Crippen LogP contribution in [-0.2, 0) is 30.3 Å². The number of ether oxygens (including phenoxy) is 4. The SMILES string of the molecule is COc1ccccc1CNC(=O)COC(=O)C(C)OCC1CCCO1. The molecule has 138 valence electrons. The van der Waals surface area contributed by atoms with Crippen molar-refractivity contribution in [1.82, 2.24) is 5.32 Å². The maximum atomic E-state index is 11.8. The van der Waals surface area contributed by atoms with Gasteiger partial charge in [-0.3, -0.25) is 4.79 Å². The summed E-state index contributed by atoms with van der Waals surface area (Å²) in [6.07, 6.45) is 1.26. The highest BCUT2D eigenvalue weighted by atomic mass is 16.6. The third-order valence-corrected chi connectivity index (χ3v) is 3.90. The third kappa shape index (κ3) is 6.36. The highest BCUT2D eigenvalue weighted by Gasteiger charge is 2.21. The van der Waals surface area contributed by atoms with Crippen molar-refractivity contribution in [3.8, 4) is 5.75 Å². The van der Waals surface area contributed by atoms with Crippen LogP contribution >= 0.6 is 0 Å². The fourth-order valence-electron chi connectivity index (χ4n) is 2.44. The number of hydrogen-bond donors (Lipinski definition) is 1. The van der Waals surface area contributed by atoms with Crippen molar-refractivity contribution in [3.63, 3.8) is 0 Å². The van der Waals surface area contributed by atoms with Gasteiger partial charge >= 0.3 is 5.97 Å². The van der Waals surface area contributed by atoms with E-state index in [9.17, 15) is 9.59 Å².